The molecular weight excluding hydrogens is 494 g/mol. The summed E-state index contributed by atoms with van der Waals surface area (Å²) in [7, 11) is 0. The van der Waals surface area contributed by atoms with E-state index in [2.05, 4.69) is 38.9 Å². The summed E-state index contributed by atoms with van der Waals surface area (Å²) in [5.41, 5.74) is 8.17. The molecule has 1 unspecified atom stereocenters. The maximum atomic E-state index is 13.8. The summed E-state index contributed by atoms with van der Waals surface area (Å²) in [5.74, 6) is 5.97. The third-order valence-corrected chi connectivity index (χ3v) is 6.44. The van der Waals surface area contributed by atoms with Gasteiger partial charge in [-0.05, 0) is 38.1 Å². The Morgan fingerprint density at radius 3 is 2.90 bits per heavy atom. The minimum Gasteiger partial charge on any atom is -0.460 e. The lowest BCUT2D eigenvalue weighted by atomic mass is 10.1. The maximum Gasteiger partial charge on any atom is 0.325 e. The van der Waals surface area contributed by atoms with E-state index >= 15 is 0 Å². The SMILES string of the molecule is C=CCOC(=O)CNc1nc(N2CCCC(N)C2)n(CC#CC)c1C(=O)NCc1nc(C)cc2ccccc12. The molecule has 204 valence electrons. The van der Waals surface area contributed by atoms with Crippen LogP contribution in [-0.2, 0) is 22.6 Å². The number of imidazole rings is 1. The molecule has 1 saturated heterocycles. The van der Waals surface area contributed by atoms with Gasteiger partial charge in [0.05, 0.1) is 18.8 Å². The van der Waals surface area contributed by atoms with Gasteiger partial charge in [-0.25, -0.2) is 0 Å². The Bertz CT molecular complexity index is 1420. The number of fused-ring (bicyclic) bond motifs is 1. The van der Waals surface area contributed by atoms with Crippen molar-refractivity contribution in [2.45, 2.75) is 45.8 Å². The highest BCUT2D eigenvalue weighted by Gasteiger charge is 2.28. The van der Waals surface area contributed by atoms with E-state index in [1.54, 1.807) is 11.5 Å². The number of ether oxygens (including phenoxy) is 1. The van der Waals surface area contributed by atoms with Gasteiger partial charge in [-0.3, -0.25) is 19.1 Å². The van der Waals surface area contributed by atoms with E-state index in [0.717, 1.165) is 41.5 Å². The fraction of sp³-hybridized carbons (Fsp3) is 0.379. The lowest BCUT2D eigenvalue weighted by molar-refractivity contribution is -0.140. The molecule has 10 nitrogen and oxygen atoms in total. The highest BCUT2D eigenvalue weighted by Crippen LogP contribution is 2.27. The minimum atomic E-state index is -0.485. The number of esters is 1. The van der Waals surface area contributed by atoms with Gasteiger partial charge in [-0.15, -0.1) is 5.92 Å². The zero-order chi connectivity index (χ0) is 27.8. The van der Waals surface area contributed by atoms with Crippen molar-refractivity contribution in [1.29, 1.82) is 0 Å². The van der Waals surface area contributed by atoms with Crippen molar-refractivity contribution in [3.05, 3.63) is 60.1 Å². The standard InChI is InChI=1S/C29H35N7O3/c1-4-6-14-36-26(28(38)32-17-24-23-12-8-7-10-21(23)16-20(3)33-24)27(31-18-25(37)39-15-5-2)34-29(36)35-13-9-11-22(30)19-35/h5,7-8,10,12,16,22,31H,2,9,11,13-15,17-19,30H2,1,3H3,(H,32,38). The van der Waals surface area contributed by atoms with Crippen LogP contribution in [0.4, 0.5) is 11.8 Å². The van der Waals surface area contributed by atoms with Gasteiger partial charge in [0, 0.05) is 30.2 Å². The highest BCUT2D eigenvalue weighted by molar-refractivity contribution is 5.99. The van der Waals surface area contributed by atoms with Crippen molar-refractivity contribution in [1.82, 2.24) is 19.9 Å². The Labute approximate surface area is 228 Å². The van der Waals surface area contributed by atoms with E-state index in [-0.39, 0.29) is 49.7 Å². The van der Waals surface area contributed by atoms with Gasteiger partial charge in [0.1, 0.15) is 13.2 Å². The molecule has 1 aliphatic heterocycles. The average Bonchev–Trinajstić information content (AvgIpc) is 3.30. The summed E-state index contributed by atoms with van der Waals surface area (Å²) < 4.78 is 6.87. The number of nitrogens with one attached hydrogen (secondary N) is 2. The van der Waals surface area contributed by atoms with Crippen LogP contribution < -0.4 is 21.3 Å². The molecule has 1 atom stereocenters. The Kier molecular flexibility index (Phi) is 9.18. The highest BCUT2D eigenvalue weighted by atomic mass is 16.5. The number of carbonyl (C=O) groups excluding carboxylic acids is 2. The van der Waals surface area contributed by atoms with E-state index < -0.39 is 5.97 Å². The van der Waals surface area contributed by atoms with E-state index in [9.17, 15) is 9.59 Å². The number of carbonyl (C=O) groups is 2. The molecule has 0 radical (unpaired) electrons. The van der Waals surface area contributed by atoms with Crippen LogP contribution >= 0.6 is 0 Å². The van der Waals surface area contributed by atoms with E-state index in [0.29, 0.717) is 12.5 Å². The van der Waals surface area contributed by atoms with Crippen LogP contribution in [0.15, 0.2) is 43.0 Å². The topological polar surface area (TPSA) is 127 Å². The summed E-state index contributed by atoms with van der Waals surface area (Å²) in [6.07, 6.45) is 3.34. The lowest BCUT2D eigenvalue weighted by Gasteiger charge is -2.31. The van der Waals surface area contributed by atoms with Gasteiger partial charge in [-0.1, -0.05) is 42.8 Å². The second kappa shape index (κ2) is 12.9. The number of benzene rings is 1. The fourth-order valence-electron chi connectivity index (χ4n) is 4.69. The first-order valence-corrected chi connectivity index (χ1v) is 13.1. The minimum absolute atomic E-state index is 0.00408. The molecular formula is C29H35N7O3. The van der Waals surface area contributed by atoms with Crippen molar-refractivity contribution in [2.75, 3.05) is 36.5 Å². The zero-order valence-electron chi connectivity index (χ0n) is 22.5. The molecule has 4 N–H and O–H groups in total. The number of anilines is 2. The normalized spacial score (nSPS) is 14.8. The predicted molar refractivity (Wildman–Crippen MR) is 152 cm³/mol. The van der Waals surface area contributed by atoms with E-state index in [1.165, 1.54) is 6.08 Å². The van der Waals surface area contributed by atoms with Crippen LogP contribution in [-0.4, -0.2) is 58.7 Å². The number of nitrogens with zero attached hydrogens (tertiary/aromatic N) is 4. The van der Waals surface area contributed by atoms with Crippen LogP contribution in [0.25, 0.3) is 10.8 Å². The lowest BCUT2D eigenvalue weighted by Crippen LogP contribution is -2.44. The molecule has 3 heterocycles. The van der Waals surface area contributed by atoms with Crippen LogP contribution in [0.1, 0.15) is 41.6 Å². The fourth-order valence-corrected chi connectivity index (χ4v) is 4.69. The maximum absolute atomic E-state index is 13.8. The second-order valence-electron chi connectivity index (χ2n) is 9.41. The van der Waals surface area contributed by atoms with Gasteiger partial charge >= 0.3 is 5.97 Å². The van der Waals surface area contributed by atoms with Crippen molar-refractivity contribution in [3.63, 3.8) is 0 Å². The zero-order valence-corrected chi connectivity index (χ0v) is 22.5. The summed E-state index contributed by atoms with van der Waals surface area (Å²) in [4.78, 5) is 37.5. The molecule has 1 fully saturated rings. The van der Waals surface area contributed by atoms with Crippen molar-refractivity contribution in [3.8, 4) is 11.8 Å². The molecule has 10 heteroatoms. The first-order valence-electron chi connectivity index (χ1n) is 13.1. The monoisotopic (exact) mass is 529 g/mol. The number of rotatable bonds is 10. The average molecular weight is 530 g/mol. The Morgan fingerprint density at radius 1 is 1.31 bits per heavy atom. The first-order chi connectivity index (χ1) is 18.9. The molecule has 0 spiro atoms. The first kappa shape index (κ1) is 27.7. The second-order valence-corrected chi connectivity index (χ2v) is 9.41. The van der Waals surface area contributed by atoms with Crippen LogP contribution in [0.3, 0.4) is 0 Å². The number of amides is 1. The van der Waals surface area contributed by atoms with Crippen LogP contribution in [0.2, 0.25) is 0 Å². The third-order valence-electron chi connectivity index (χ3n) is 6.44. The quantitative estimate of drug-likeness (QED) is 0.208. The Hall–Kier alpha value is -4.36. The molecule has 2 aromatic heterocycles. The summed E-state index contributed by atoms with van der Waals surface area (Å²) >= 11 is 0. The van der Waals surface area contributed by atoms with Crippen molar-refractivity contribution in [2.24, 2.45) is 5.73 Å². The van der Waals surface area contributed by atoms with E-state index in [4.69, 9.17) is 15.5 Å². The molecule has 39 heavy (non-hydrogen) atoms. The van der Waals surface area contributed by atoms with Crippen molar-refractivity contribution >= 4 is 34.4 Å². The Morgan fingerprint density at radius 2 is 2.13 bits per heavy atom. The molecule has 1 amide bonds. The third kappa shape index (κ3) is 6.75. The number of pyridine rings is 1. The van der Waals surface area contributed by atoms with Gasteiger partial charge in [0.15, 0.2) is 11.5 Å². The summed E-state index contributed by atoms with van der Waals surface area (Å²) in [6, 6.07) is 9.96. The van der Waals surface area contributed by atoms with E-state index in [1.807, 2.05) is 37.3 Å². The molecule has 0 bridgehead atoms. The number of aryl methyl sites for hydroxylation is 1. The predicted octanol–water partition coefficient (Wildman–Crippen LogP) is 2.76. The number of nitrogens with two attached hydrogens (primary N) is 1. The summed E-state index contributed by atoms with van der Waals surface area (Å²) in [5, 5.41) is 8.05. The molecule has 0 aliphatic carbocycles. The van der Waals surface area contributed by atoms with Gasteiger partial charge in [0.2, 0.25) is 5.95 Å². The molecule has 1 aromatic carbocycles. The van der Waals surface area contributed by atoms with Gasteiger partial charge in [0.25, 0.3) is 5.91 Å². The van der Waals surface area contributed by atoms with Crippen LogP contribution in [0.5, 0.6) is 0 Å². The van der Waals surface area contributed by atoms with Gasteiger partial charge < -0.3 is 26.0 Å². The number of aromatic nitrogens is 3. The number of piperidine rings is 1. The number of hydrogen-bond acceptors (Lipinski definition) is 8. The van der Waals surface area contributed by atoms with Crippen LogP contribution in [0, 0.1) is 18.8 Å². The number of hydrogen-bond donors (Lipinski definition) is 3. The van der Waals surface area contributed by atoms with Crippen molar-refractivity contribution < 1.29 is 14.3 Å². The molecule has 3 aromatic rings. The van der Waals surface area contributed by atoms with Gasteiger partial charge in [-0.2, -0.15) is 4.98 Å². The Balaban J connectivity index is 1.68. The molecule has 4 rings (SSSR count). The molecule has 1 aliphatic rings. The smallest absolute Gasteiger partial charge is 0.325 e. The largest absolute Gasteiger partial charge is 0.460 e. The molecule has 0 saturated carbocycles. The summed E-state index contributed by atoms with van der Waals surface area (Å²) in [6.45, 7) is 9.01.